The standard InChI is InChI=1S/C29H27ClN8/c30-24-8-21(7-23-26(20(13-32)14-33-28(23)24)34-16-29-9-18(10-29)11-29)35-27(19-3-1-2-17(6-19)12-31)25-15-38(37-36-25)22-4-5-22/h1-3,6-8,14-15,18,22,27,35-37H,4-5,9-11,16H2,(H,33,34)/t18?,27-,29?/m1/s1/i27D. The number of rotatable bonds is 8. The Morgan fingerprint density at radius 3 is 2.76 bits per heavy atom. The first-order valence-corrected chi connectivity index (χ1v) is 13.3. The molecule has 1 aromatic heterocycles. The van der Waals surface area contributed by atoms with Crippen molar-refractivity contribution in [2.24, 2.45) is 11.3 Å². The van der Waals surface area contributed by atoms with Gasteiger partial charge < -0.3 is 16.1 Å². The maximum absolute atomic E-state index is 9.87. The number of nitrogens with zero attached hydrogens (tertiary/aromatic N) is 4. The lowest BCUT2D eigenvalue weighted by atomic mass is 9.44. The maximum atomic E-state index is 9.87. The summed E-state index contributed by atoms with van der Waals surface area (Å²) >= 11 is 6.75. The quantitative estimate of drug-likeness (QED) is 0.313. The summed E-state index contributed by atoms with van der Waals surface area (Å²) in [5.74, 6) is 0.871. The first-order valence-electron chi connectivity index (χ1n) is 13.5. The van der Waals surface area contributed by atoms with Gasteiger partial charge in [0.15, 0.2) is 0 Å². The normalized spacial score (nSPS) is 25.0. The van der Waals surface area contributed by atoms with Crippen LogP contribution >= 0.6 is 11.6 Å². The zero-order valence-electron chi connectivity index (χ0n) is 21.7. The van der Waals surface area contributed by atoms with E-state index in [9.17, 15) is 11.9 Å². The van der Waals surface area contributed by atoms with Crippen LogP contribution in [-0.4, -0.2) is 22.6 Å². The molecule has 4 N–H and O–H groups in total. The zero-order valence-corrected chi connectivity index (χ0v) is 21.4. The molecule has 9 heteroatoms. The van der Waals surface area contributed by atoms with Crippen LogP contribution in [0.4, 0.5) is 11.4 Å². The van der Waals surface area contributed by atoms with Crippen LogP contribution in [0.3, 0.4) is 0 Å². The Morgan fingerprint density at radius 2 is 2.05 bits per heavy atom. The Labute approximate surface area is 227 Å². The van der Waals surface area contributed by atoms with Crippen molar-refractivity contribution in [1.82, 2.24) is 21.0 Å². The minimum atomic E-state index is -1.47. The van der Waals surface area contributed by atoms with E-state index in [1.54, 1.807) is 30.5 Å². The Bertz CT molecular complexity index is 1600. The van der Waals surface area contributed by atoms with E-state index in [1.807, 2.05) is 23.3 Å². The van der Waals surface area contributed by atoms with E-state index < -0.39 is 6.02 Å². The van der Waals surface area contributed by atoms with Gasteiger partial charge in [0, 0.05) is 36.1 Å². The smallest absolute Gasteiger partial charge is 0.103 e. The van der Waals surface area contributed by atoms with Crippen LogP contribution in [-0.2, 0) is 0 Å². The lowest BCUT2D eigenvalue weighted by Crippen LogP contribution is -2.55. The van der Waals surface area contributed by atoms with E-state index >= 15 is 0 Å². The van der Waals surface area contributed by atoms with E-state index in [1.165, 1.54) is 19.3 Å². The Kier molecular flexibility index (Phi) is 5.11. The third-order valence-electron chi connectivity index (χ3n) is 8.20. The van der Waals surface area contributed by atoms with Gasteiger partial charge in [-0.25, -0.2) is 0 Å². The number of halogens is 1. The molecule has 5 aliphatic rings. The molecule has 190 valence electrons. The summed E-state index contributed by atoms with van der Waals surface area (Å²) in [7, 11) is 0. The van der Waals surface area contributed by atoms with Crippen LogP contribution in [0.5, 0.6) is 0 Å². The molecule has 38 heavy (non-hydrogen) atoms. The van der Waals surface area contributed by atoms with E-state index in [0.717, 1.165) is 36.4 Å². The summed E-state index contributed by atoms with van der Waals surface area (Å²) < 4.78 is 9.69. The highest BCUT2D eigenvalue weighted by Crippen LogP contribution is 2.64. The van der Waals surface area contributed by atoms with Gasteiger partial charge in [0.25, 0.3) is 0 Å². The fraction of sp³-hybridized carbons (Fsp3) is 0.345. The minimum absolute atomic E-state index is 0.343. The number of benzene rings is 2. The first-order chi connectivity index (χ1) is 18.9. The SMILES string of the molecule is [2H][C@](Nc1cc(Cl)c2ncc(C#N)c(NCC34CC(C3)C4)c2c1)(C1=CN(C2CC2)NN1)c1cccc(C#N)c1. The summed E-state index contributed by atoms with van der Waals surface area (Å²) in [6.07, 6.45) is 9.39. The molecule has 0 unspecified atom stereocenters. The van der Waals surface area contributed by atoms with Crippen molar-refractivity contribution >= 4 is 33.9 Å². The predicted octanol–water partition coefficient (Wildman–Crippen LogP) is 5.33. The molecule has 2 heterocycles. The third-order valence-corrected chi connectivity index (χ3v) is 8.49. The second-order valence-electron chi connectivity index (χ2n) is 11.0. The second kappa shape index (κ2) is 8.80. The van der Waals surface area contributed by atoms with Crippen molar-refractivity contribution in [2.45, 2.75) is 44.2 Å². The van der Waals surface area contributed by atoms with Gasteiger partial charge in [-0.15, -0.1) is 5.53 Å². The molecule has 0 spiro atoms. The van der Waals surface area contributed by atoms with Gasteiger partial charge in [0.1, 0.15) is 6.07 Å². The summed E-state index contributed by atoms with van der Waals surface area (Å²) in [5, 5.41) is 29.5. The molecular weight excluding hydrogens is 496 g/mol. The summed E-state index contributed by atoms with van der Waals surface area (Å²) in [5.41, 5.74) is 10.7. The van der Waals surface area contributed by atoms with E-state index in [-0.39, 0.29) is 0 Å². The first kappa shape index (κ1) is 22.0. The molecule has 0 radical (unpaired) electrons. The monoisotopic (exact) mass is 523 g/mol. The van der Waals surface area contributed by atoms with Crippen molar-refractivity contribution in [1.29, 1.82) is 10.5 Å². The number of pyridine rings is 1. The summed E-state index contributed by atoms with van der Waals surface area (Å²) in [6, 6.07) is 14.1. The zero-order chi connectivity index (χ0) is 26.8. The molecule has 2 bridgehead atoms. The van der Waals surface area contributed by atoms with Crippen LogP contribution < -0.4 is 21.6 Å². The van der Waals surface area contributed by atoms with Crippen LogP contribution in [0.2, 0.25) is 5.02 Å². The van der Waals surface area contributed by atoms with Gasteiger partial charge in [-0.05, 0) is 73.3 Å². The Hall–Kier alpha value is -3.98. The van der Waals surface area contributed by atoms with Gasteiger partial charge in [-0.1, -0.05) is 23.7 Å². The molecule has 8 rings (SSSR count). The highest BCUT2D eigenvalue weighted by molar-refractivity contribution is 6.35. The van der Waals surface area contributed by atoms with Gasteiger partial charge in [-0.2, -0.15) is 10.5 Å². The molecule has 3 aromatic rings. The Morgan fingerprint density at radius 1 is 1.21 bits per heavy atom. The van der Waals surface area contributed by atoms with Crippen LogP contribution in [0.15, 0.2) is 54.5 Å². The van der Waals surface area contributed by atoms with Gasteiger partial charge in [0.05, 0.1) is 46.5 Å². The van der Waals surface area contributed by atoms with Crippen molar-refractivity contribution < 1.29 is 1.37 Å². The molecule has 1 atom stereocenters. The minimum Gasteiger partial charge on any atom is -0.383 e. The third kappa shape index (κ3) is 3.98. The number of fused-ring (bicyclic) bond motifs is 1. The molecule has 4 aliphatic carbocycles. The second-order valence-corrected chi connectivity index (χ2v) is 11.4. The highest BCUT2D eigenvalue weighted by Gasteiger charge is 2.56. The summed E-state index contributed by atoms with van der Waals surface area (Å²) in [4.78, 5) is 4.49. The number of nitrogens with one attached hydrogen (secondary N) is 4. The molecule has 0 amide bonds. The number of aromatic nitrogens is 1. The van der Waals surface area contributed by atoms with E-state index in [0.29, 0.717) is 50.1 Å². The molecule has 2 aromatic carbocycles. The highest BCUT2D eigenvalue weighted by atomic mass is 35.5. The average molecular weight is 524 g/mol. The lowest BCUT2D eigenvalue weighted by molar-refractivity contribution is -0.0929. The molecule has 1 aliphatic heterocycles. The van der Waals surface area contributed by atoms with Crippen molar-refractivity contribution in [3.05, 3.63) is 76.2 Å². The predicted molar refractivity (Wildman–Crippen MR) is 146 cm³/mol. The average Bonchev–Trinajstić information content (AvgIpc) is 3.62. The topological polar surface area (TPSA) is 112 Å². The van der Waals surface area contributed by atoms with Crippen molar-refractivity contribution in [3.63, 3.8) is 0 Å². The van der Waals surface area contributed by atoms with E-state index in [4.69, 9.17) is 11.6 Å². The van der Waals surface area contributed by atoms with Crippen LogP contribution in [0.25, 0.3) is 10.9 Å². The van der Waals surface area contributed by atoms with Crippen LogP contribution in [0, 0.1) is 34.0 Å². The molecule has 0 saturated heterocycles. The summed E-state index contributed by atoms with van der Waals surface area (Å²) in [6.45, 7) is 0.815. The molecule has 8 nitrogen and oxygen atoms in total. The van der Waals surface area contributed by atoms with Crippen LogP contribution in [0.1, 0.15) is 56.2 Å². The number of hydrazine groups is 2. The number of nitriles is 2. The molecule has 4 saturated carbocycles. The largest absolute Gasteiger partial charge is 0.383 e. The lowest BCUT2D eigenvalue weighted by Gasteiger charge is -2.62. The van der Waals surface area contributed by atoms with Gasteiger partial charge in [-0.3, -0.25) is 9.99 Å². The molecular formula is C29H27ClN8. The van der Waals surface area contributed by atoms with Gasteiger partial charge in [0.2, 0.25) is 0 Å². The number of anilines is 2. The molecule has 4 fully saturated rings. The van der Waals surface area contributed by atoms with Crippen molar-refractivity contribution in [2.75, 3.05) is 17.2 Å². The fourth-order valence-electron chi connectivity index (χ4n) is 5.95. The van der Waals surface area contributed by atoms with Crippen molar-refractivity contribution in [3.8, 4) is 12.1 Å². The maximum Gasteiger partial charge on any atom is 0.103 e. The number of hydrogen-bond acceptors (Lipinski definition) is 8. The fourth-order valence-corrected chi connectivity index (χ4v) is 6.21. The Balaban J connectivity index is 1.30. The number of hydrogen-bond donors (Lipinski definition) is 4. The van der Waals surface area contributed by atoms with E-state index in [2.05, 4.69) is 38.7 Å². The van der Waals surface area contributed by atoms with Gasteiger partial charge >= 0.3 is 0 Å².